The molecule has 0 bridgehead atoms. The Kier molecular flexibility index (Phi) is 5.67. The molecule has 1 unspecified atom stereocenters. The molecule has 0 radical (unpaired) electrons. The lowest BCUT2D eigenvalue weighted by Gasteiger charge is -2.32. The van der Waals surface area contributed by atoms with Gasteiger partial charge in [-0.15, -0.1) is 0 Å². The molecule has 2 heterocycles. The molecule has 1 N–H and O–H groups in total. The molecule has 0 amide bonds. The standard InChI is InChI=1S/C17H19ClN4O2S/c18-15-6-4-14(5-7-15)8-12-25(23,24)21-16-3-1-11-22(13-16)17-19-9-2-10-20-17/h2,4-10,12,16,21H,1,3,11,13H2/b12-8+. The highest BCUT2D eigenvalue weighted by Crippen LogP contribution is 2.16. The molecule has 8 heteroatoms. The molecule has 1 aromatic carbocycles. The molecule has 132 valence electrons. The summed E-state index contributed by atoms with van der Waals surface area (Å²) in [4.78, 5) is 10.5. The summed E-state index contributed by atoms with van der Waals surface area (Å²) in [7, 11) is -3.53. The maximum atomic E-state index is 12.3. The SMILES string of the molecule is O=S(=O)(/C=C/c1ccc(Cl)cc1)NC1CCCN(c2ncccn2)C1. The van der Waals surface area contributed by atoms with Gasteiger partial charge in [-0.05, 0) is 42.7 Å². The van der Waals surface area contributed by atoms with Gasteiger partial charge in [-0.3, -0.25) is 0 Å². The van der Waals surface area contributed by atoms with Gasteiger partial charge in [0.15, 0.2) is 0 Å². The lowest BCUT2D eigenvalue weighted by molar-refractivity contribution is 0.464. The highest BCUT2D eigenvalue weighted by Gasteiger charge is 2.24. The monoisotopic (exact) mass is 378 g/mol. The number of hydrogen-bond acceptors (Lipinski definition) is 5. The van der Waals surface area contributed by atoms with Gasteiger partial charge < -0.3 is 4.90 Å². The van der Waals surface area contributed by atoms with Gasteiger partial charge in [0.25, 0.3) is 0 Å². The number of sulfonamides is 1. The van der Waals surface area contributed by atoms with Crippen molar-refractivity contribution >= 4 is 33.6 Å². The van der Waals surface area contributed by atoms with E-state index in [-0.39, 0.29) is 6.04 Å². The molecule has 6 nitrogen and oxygen atoms in total. The van der Waals surface area contributed by atoms with E-state index in [1.807, 2.05) is 4.90 Å². The van der Waals surface area contributed by atoms with Crippen molar-refractivity contribution in [1.29, 1.82) is 0 Å². The molecule has 25 heavy (non-hydrogen) atoms. The number of halogens is 1. The molecule has 1 aliphatic heterocycles. The molecule has 1 aromatic heterocycles. The summed E-state index contributed by atoms with van der Waals surface area (Å²) in [6.45, 7) is 1.38. The van der Waals surface area contributed by atoms with E-state index in [0.29, 0.717) is 17.5 Å². The van der Waals surface area contributed by atoms with Crippen LogP contribution < -0.4 is 9.62 Å². The molecule has 1 saturated heterocycles. The van der Waals surface area contributed by atoms with Gasteiger partial charge in [-0.2, -0.15) is 0 Å². The van der Waals surface area contributed by atoms with E-state index in [0.717, 1.165) is 24.9 Å². The Morgan fingerprint density at radius 2 is 1.92 bits per heavy atom. The number of benzene rings is 1. The van der Waals surface area contributed by atoms with E-state index in [1.165, 1.54) is 5.41 Å². The Hall–Kier alpha value is -1.96. The van der Waals surface area contributed by atoms with Gasteiger partial charge in [0.05, 0.1) is 0 Å². The van der Waals surface area contributed by atoms with Crippen LogP contribution in [0.5, 0.6) is 0 Å². The number of aromatic nitrogens is 2. The minimum atomic E-state index is -3.53. The number of nitrogens with one attached hydrogen (secondary N) is 1. The normalized spacial score (nSPS) is 18.6. The van der Waals surface area contributed by atoms with Crippen LogP contribution in [0.3, 0.4) is 0 Å². The number of anilines is 1. The van der Waals surface area contributed by atoms with Crippen LogP contribution in [0.4, 0.5) is 5.95 Å². The van der Waals surface area contributed by atoms with Crippen LogP contribution in [-0.2, 0) is 10.0 Å². The minimum Gasteiger partial charge on any atom is -0.339 e. The highest BCUT2D eigenvalue weighted by atomic mass is 35.5. The molecule has 2 aromatic rings. The first kappa shape index (κ1) is 17.8. The first-order valence-electron chi connectivity index (χ1n) is 8.00. The minimum absolute atomic E-state index is 0.169. The van der Waals surface area contributed by atoms with Gasteiger partial charge >= 0.3 is 0 Å². The van der Waals surface area contributed by atoms with Crippen LogP contribution in [0.25, 0.3) is 6.08 Å². The summed E-state index contributed by atoms with van der Waals surface area (Å²) < 4.78 is 27.4. The average Bonchev–Trinajstić information content (AvgIpc) is 2.62. The van der Waals surface area contributed by atoms with Crippen molar-refractivity contribution in [2.75, 3.05) is 18.0 Å². The first-order valence-corrected chi connectivity index (χ1v) is 9.92. The third-order valence-electron chi connectivity index (χ3n) is 3.90. The summed E-state index contributed by atoms with van der Waals surface area (Å²) in [6, 6.07) is 8.57. The molecule has 1 aliphatic rings. The van der Waals surface area contributed by atoms with Crippen LogP contribution >= 0.6 is 11.6 Å². The number of piperidine rings is 1. The Morgan fingerprint density at radius 1 is 1.20 bits per heavy atom. The number of hydrogen-bond donors (Lipinski definition) is 1. The summed E-state index contributed by atoms with van der Waals surface area (Å²) in [5, 5.41) is 1.80. The van der Waals surface area contributed by atoms with Crippen LogP contribution in [0.15, 0.2) is 48.1 Å². The van der Waals surface area contributed by atoms with Gasteiger partial charge in [0.2, 0.25) is 16.0 Å². The van der Waals surface area contributed by atoms with Gasteiger partial charge in [0, 0.05) is 42.0 Å². The van der Waals surface area contributed by atoms with Gasteiger partial charge in [-0.25, -0.2) is 23.1 Å². The second-order valence-corrected chi connectivity index (χ2v) is 7.89. The van der Waals surface area contributed by atoms with Crippen molar-refractivity contribution < 1.29 is 8.42 Å². The molecule has 1 atom stereocenters. The number of rotatable bonds is 5. The molecular weight excluding hydrogens is 360 g/mol. The fraction of sp³-hybridized carbons (Fsp3) is 0.294. The Bertz CT molecular complexity index is 825. The van der Waals surface area contributed by atoms with E-state index in [2.05, 4.69) is 14.7 Å². The maximum Gasteiger partial charge on any atom is 0.234 e. The summed E-state index contributed by atoms with van der Waals surface area (Å²) >= 11 is 5.83. The summed E-state index contributed by atoms with van der Waals surface area (Å²) in [5.41, 5.74) is 0.776. The fourth-order valence-corrected chi connectivity index (χ4v) is 3.92. The van der Waals surface area contributed by atoms with E-state index in [1.54, 1.807) is 48.8 Å². The third kappa shape index (κ3) is 5.26. The number of nitrogens with zero attached hydrogens (tertiary/aromatic N) is 3. The lowest BCUT2D eigenvalue weighted by atomic mass is 10.1. The van der Waals surface area contributed by atoms with Gasteiger partial charge in [-0.1, -0.05) is 23.7 Å². The zero-order valence-electron chi connectivity index (χ0n) is 13.5. The second kappa shape index (κ2) is 7.95. The first-order chi connectivity index (χ1) is 12.0. The molecular formula is C17H19ClN4O2S. The second-order valence-electron chi connectivity index (χ2n) is 5.85. The zero-order chi connectivity index (χ0) is 17.7. The van der Waals surface area contributed by atoms with Crippen molar-refractivity contribution in [2.24, 2.45) is 0 Å². The Balaban J connectivity index is 1.63. The fourth-order valence-electron chi connectivity index (χ4n) is 2.72. The van der Waals surface area contributed by atoms with E-state index >= 15 is 0 Å². The van der Waals surface area contributed by atoms with Crippen molar-refractivity contribution in [3.63, 3.8) is 0 Å². The zero-order valence-corrected chi connectivity index (χ0v) is 15.1. The molecule has 0 saturated carbocycles. The summed E-state index contributed by atoms with van der Waals surface area (Å²) in [5.74, 6) is 0.628. The van der Waals surface area contributed by atoms with E-state index < -0.39 is 10.0 Å². The van der Waals surface area contributed by atoms with Crippen LogP contribution in [0.1, 0.15) is 18.4 Å². The quantitative estimate of drug-likeness (QED) is 0.865. The van der Waals surface area contributed by atoms with Crippen LogP contribution in [-0.4, -0.2) is 37.5 Å². The molecule has 1 fully saturated rings. The predicted molar refractivity (Wildman–Crippen MR) is 99.8 cm³/mol. The Morgan fingerprint density at radius 3 is 2.64 bits per heavy atom. The van der Waals surface area contributed by atoms with Crippen molar-refractivity contribution in [2.45, 2.75) is 18.9 Å². The third-order valence-corrected chi connectivity index (χ3v) is 5.31. The van der Waals surface area contributed by atoms with Crippen LogP contribution in [0, 0.1) is 0 Å². The molecule has 0 aliphatic carbocycles. The van der Waals surface area contributed by atoms with Crippen molar-refractivity contribution in [3.05, 3.63) is 58.7 Å². The smallest absolute Gasteiger partial charge is 0.234 e. The van der Waals surface area contributed by atoms with E-state index in [4.69, 9.17) is 11.6 Å². The van der Waals surface area contributed by atoms with Crippen LogP contribution in [0.2, 0.25) is 5.02 Å². The van der Waals surface area contributed by atoms with Gasteiger partial charge in [0.1, 0.15) is 0 Å². The average molecular weight is 379 g/mol. The molecule has 0 spiro atoms. The maximum absolute atomic E-state index is 12.3. The Labute approximate surface area is 152 Å². The largest absolute Gasteiger partial charge is 0.339 e. The van der Waals surface area contributed by atoms with Crippen molar-refractivity contribution in [1.82, 2.24) is 14.7 Å². The van der Waals surface area contributed by atoms with Crippen molar-refractivity contribution in [3.8, 4) is 0 Å². The topological polar surface area (TPSA) is 75.2 Å². The highest BCUT2D eigenvalue weighted by molar-refractivity contribution is 7.92. The lowest BCUT2D eigenvalue weighted by Crippen LogP contribution is -2.47. The van der Waals surface area contributed by atoms with E-state index in [9.17, 15) is 8.42 Å². The predicted octanol–water partition coefficient (Wildman–Crippen LogP) is 2.69. The summed E-state index contributed by atoms with van der Waals surface area (Å²) in [6.07, 6.45) is 6.60. The molecule has 3 rings (SSSR count).